The van der Waals surface area contributed by atoms with E-state index >= 15 is 0 Å². The van der Waals surface area contributed by atoms with Crippen LogP contribution in [0.25, 0.3) is 0 Å². The number of nitrogens with zero attached hydrogens (tertiary/aromatic N) is 1. The molecular weight excluding hydrogens is 313 g/mol. The predicted molar refractivity (Wildman–Crippen MR) is 87.8 cm³/mol. The minimum Gasteiger partial charge on any atom is -0.327 e. The third-order valence-electron chi connectivity index (χ3n) is 4.45. The Morgan fingerprint density at radius 2 is 1.79 bits per heavy atom. The van der Waals surface area contributed by atoms with E-state index in [0.29, 0.717) is 12.5 Å². The van der Waals surface area contributed by atoms with Crippen molar-refractivity contribution in [2.45, 2.75) is 25.4 Å². The Bertz CT molecular complexity index is 705. The van der Waals surface area contributed by atoms with E-state index in [9.17, 15) is 13.2 Å². The molecule has 2 aromatic carbocycles. The molecule has 1 fully saturated rings. The summed E-state index contributed by atoms with van der Waals surface area (Å²) in [5.74, 6) is -1.57. The molecule has 1 heterocycles. The molecule has 0 aromatic heterocycles. The predicted octanol–water partition coefficient (Wildman–Crippen LogP) is 3.50. The van der Waals surface area contributed by atoms with Crippen LogP contribution >= 0.6 is 0 Å². The van der Waals surface area contributed by atoms with Gasteiger partial charge >= 0.3 is 0 Å². The van der Waals surface area contributed by atoms with Crippen LogP contribution < -0.4 is 5.73 Å². The summed E-state index contributed by atoms with van der Waals surface area (Å²) in [6.07, 6.45) is 1.64. The summed E-state index contributed by atoms with van der Waals surface area (Å²) in [5, 5.41) is 0. The fourth-order valence-corrected chi connectivity index (χ4v) is 3.52. The highest BCUT2D eigenvalue weighted by molar-refractivity contribution is 5.19. The van der Waals surface area contributed by atoms with Crippen molar-refractivity contribution in [2.24, 2.45) is 11.7 Å². The summed E-state index contributed by atoms with van der Waals surface area (Å²) in [4.78, 5) is 2.16. The van der Waals surface area contributed by atoms with Crippen LogP contribution in [0.15, 0.2) is 42.5 Å². The largest absolute Gasteiger partial charge is 0.327 e. The maximum atomic E-state index is 13.4. The Morgan fingerprint density at radius 1 is 0.958 bits per heavy atom. The van der Waals surface area contributed by atoms with Gasteiger partial charge in [0.15, 0.2) is 11.6 Å². The summed E-state index contributed by atoms with van der Waals surface area (Å²) >= 11 is 0. The average Bonchev–Trinajstić information content (AvgIpc) is 2.50. The Labute approximate surface area is 140 Å². The molecule has 0 saturated carbocycles. The number of likely N-dealkylation sites (tertiary alicyclic amines) is 1. The van der Waals surface area contributed by atoms with E-state index in [0.717, 1.165) is 43.1 Å². The Morgan fingerprint density at radius 3 is 2.54 bits per heavy atom. The van der Waals surface area contributed by atoms with Crippen molar-refractivity contribution in [1.82, 2.24) is 4.90 Å². The molecule has 0 aliphatic carbocycles. The molecular formula is C19H21F3N2. The van der Waals surface area contributed by atoms with E-state index in [1.165, 1.54) is 12.1 Å². The zero-order chi connectivity index (χ0) is 17.1. The van der Waals surface area contributed by atoms with Crippen molar-refractivity contribution >= 4 is 0 Å². The van der Waals surface area contributed by atoms with E-state index in [2.05, 4.69) is 4.90 Å². The summed E-state index contributed by atoms with van der Waals surface area (Å²) in [6.45, 7) is 2.06. The first-order valence-corrected chi connectivity index (χ1v) is 8.16. The fourth-order valence-electron chi connectivity index (χ4n) is 3.52. The first-order chi connectivity index (χ1) is 11.5. The molecule has 128 valence electrons. The molecule has 1 aliphatic heterocycles. The van der Waals surface area contributed by atoms with Gasteiger partial charge in [0.05, 0.1) is 0 Å². The number of halogens is 3. The summed E-state index contributed by atoms with van der Waals surface area (Å²) < 4.78 is 39.7. The summed E-state index contributed by atoms with van der Waals surface area (Å²) in [6, 6.07) is 10.6. The molecule has 2 nitrogen and oxygen atoms in total. The lowest BCUT2D eigenvalue weighted by Crippen LogP contribution is -2.47. The molecule has 1 saturated heterocycles. The second-order valence-corrected chi connectivity index (χ2v) is 6.64. The van der Waals surface area contributed by atoms with Crippen molar-refractivity contribution in [1.29, 1.82) is 0 Å². The lowest BCUT2D eigenvalue weighted by atomic mass is 9.89. The van der Waals surface area contributed by atoms with Crippen LogP contribution in [0.2, 0.25) is 0 Å². The quantitative estimate of drug-likeness (QED) is 0.927. The number of rotatable bonds is 4. The van der Waals surface area contributed by atoms with Crippen LogP contribution in [0.4, 0.5) is 13.2 Å². The maximum absolute atomic E-state index is 13.4. The number of piperidine rings is 1. The van der Waals surface area contributed by atoms with Gasteiger partial charge in [-0.2, -0.15) is 0 Å². The van der Waals surface area contributed by atoms with Crippen LogP contribution in [-0.2, 0) is 13.0 Å². The minimum absolute atomic E-state index is 0.0302. The van der Waals surface area contributed by atoms with Gasteiger partial charge in [-0.05, 0) is 54.2 Å². The van der Waals surface area contributed by atoms with Gasteiger partial charge < -0.3 is 5.73 Å². The highest BCUT2D eigenvalue weighted by Crippen LogP contribution is 2.22. The monoisotopic (exact) mass is 334 g/mol. The Balaban J connectivity index is 1.65. The topological polar surface area (TPSA) is 29.3 Å². The highest BCUT2D eigenvalue weighted by atomic mass is 19.2. The third kappa shape index (κ3) is 4.36. The average molecular weight is 334 g/mol. The van der Waals surface area contributed by atoms with Crippen molar-refractivity contribution in [3.05, 3.63) is 71.0 Å². The molecule has 0 bridgehead atoms. The molecule has 2 N–H and O–H groups in total. The molecule has 2 atom stereocenters. The van der Waals surface area contributed by atoms with Crippen molar-refractivity contribution in [3.63, 3.8) is 0 Å². The fraction of sp³-hybridized carbons (Fsp3) is 0.368. The Kier molecular flexibility index (Phi) is 5.21. The lowest BCUT2D eigenvalue weighted by Gasteiger charge is -2.36. The zero-order valence-corrected chi connectivity index (χ0v) is 13.4. The van der Waals surface area contributed by atoms with E-state index in [1.54, 1.807) is 18.2 Å². The molecule has 2 unspecified atom stereocenters. The maximum Gasteiger partial charge on any atom is 0.159 e. The first-order valence-electron chi connectivity index (χ1n) is 8.16. The van der Waals surface area contributed by atoms with E-state index in [1.807, 2.05) is 6.07 Å². The van der Waals surface area contributed by atoms with Crippen LogP contribution in [0.1, 0.15) is 17.5 Å². The lowest BCUT2D eigenvalue weighted by molar-refractivity contribution is 0.149. The first kappa shape index (κ1) is 17.0. The number of benzene rings is 2. The van der Waals surface area contributed by atoms with Gasteiger partial charge in [-0.25, -0.2) is 13.2 Å². The second-order valence-electron chi connectivity index (χ2n) is 6.64. The van der Waals surface area contributed by atoms with E-state index in [-0.39, 0.29) is 11.9 Å². The van der Waals surface area contributed by atoms with Gasteiger partial charge in [-0.3, -0.25) is 4.90 Å². The van der Waals surface area contributed by atoms with Gasteiger partial charge in [0.25, 0.3) is 0 Å². The van der Waals surface area contributed by atoms with Gasteiger partial charge in [-0.15, -0.1) is 0 Å². The SMILES string of the molecule is NC1CC(Cc2cccc(F)c2)CN(Cc2ccc(F)c(F)c2)C1. The molecule has 1 aliphatic rings. The van der Waals surface area contributed by atoms with Crippen molar-refractivity contribution < 1.29 is 13.2 Å². The van der Waals surface area contributed by atoms with Gasteiger partial charge in [-0.1, -0.05) is 18.2 Å². The number of hydrogen-bond donors (Lipinski definition) is 1. The van der Waals surface area contributed by atoms with Crippen molar-refractivity contribution in [3.8, 4) is 0 Å². The van der Waals surface area contributed by atoms with E-state index in [4.69, 9.17) is 5.73 Å². The van der Waals surface area contributed by atoms with Crippen LogP contribution in [0.5, 0.6) is 0 Å². The molecule has 0 amide bonds. The van der Waals surface area contributed by atoms with Gasteiger partial charge in [0.2, 0.25) is 0 Å². The molecule has 3 rings (SSSR count). The number of hydrogen-bond acceptors (Lipinski definition) is 2. The van der Waals surface area contributed by atoms with Gasteiger partial charge in [0.1, 0.15) is 5.82 Å². The molecule has 24 heavy (non-hydrogen) atoms. The third-order valence-corrected chi connectivity index (χ3v) is 4.45. The minimum atomic E-state index is -0.835. The zero-order valence-electron chi connectivity index (χ0n) is 13.4. The van der Waals surface area contributed by atoms with Crippen LogP contribution in [0.3, 0.4) is 0 Å². The molecule has 0 radical (unpaired) electrons. The van der Waals surface area contributed by atoms with E-state index < -0.39 is 11.6 Å². The summed E-state index contributed by atoms with van der Waals surface area (Å²) in [7, 11) is 0. The number of nitrogens with two attached hydrogens (primary N) is 1. The highest BCUT2D eigenvalue weighted by Gasteiger charge is 2.25. The van der Waals surface area contributed by atoms with Crippen LogP contribution in [0, 0.1) is 23.4 Å². The molecule has 2 aromatic rings. The molecule has 5 heteroatoms. The second kappa shape index (κ2) is 7.36. The Hall–Kier alpha value is -1.85. The standard InChI is InChI=1S/C19H21F3N2/c20-16-3-1-2-13(7-16)6-15-8-17(23)12-24(11-15)10-14-4-5-18(21)19(22)9-14/h1-5,7,9,15,17H,6,8,10-12,23H2. The van der Waals surface area contributed by atoms with Gasteiger partial charge in [0, 0.05) is 25.7 Å². The summed E-state index contributed by atoms with van der Waals surface area (Å²) in [5.41, 5.74) is 7.85. The van der Waals surface area contributed by atoms with Crippen LogP contribution in [-0.4, -0.2) is 24.0 Å². The normalized spacial score (nSPS) is 21.8. The van der Waals surface area contributed by atoms with Crippen molar-refractivity contribution in [2.75, 3.05) is 13.1 Å². The smallest absolute Gasteiger partial charge is 0.159 e. The molecule has 0 spiro atoms.